The van der Waals surface area contributed by atoms with Crippen LogP contribution in [-0.2, 0) is 20.6 Å². The topological polar surface area (TPSA) is 130 Å². The van der Waals surface area contributed by atoms with Crippen molar-refractivity contribution in [2.45, 2.75) is 44.9 Å². The quantitative estimate of drug-likeness (QED) is 0.281. The minimum Gasteiger partial charge on any atom is -0.425 e. The molecule has 0 spiro atoms. The van der Waals surface area contributed by atoms with Crippen molar-refractivity contribution < 1.29 is 17.9 Å². The second-order valence-electron chi connectivity index (χ2n) is 9.42. The molecular weight excluding hydrogens is 536 g/mol. The number of piperidine rings is 1. The molecule has 1 fully saturated rings. The molecule has 2 aromatic heterocycles. The van der Waals surface area contributed by atoms with Crippen LogP contribution in [0.1, 0.15) is 37.3 Å². The molecule has 204 valence electrons. The van der Waals surface area contributed by atoms with Crippen molar-refractivity contribution in [1.29, 1.82) is 0 Å². The van der Waals surface area contributed by atoms with Crippen molar-refractivity contribution in [1.82, 2.24) is 24.9 Å². The molecule has 0 amide bonds. The first-order chi connectivity index (χ1) is 18.8. The zero-order chi connectivity index (χ0) is 27.4. The zero-order valence-corrected chi connectivity index (χ0v) is 23.4. The second-order valence-corrected chi connectivity index (χ2v) is 12.4. The van der Waals surface area contributed by atoms with Gasteiger partial charge in [-0.05, 0) is 48.2 Å². The van der Waals surface area contributed by atoms with Crippen molar-refractivity contribution in [3.05, 3.63) is 65.7 Å². The number of sulfonamides is 1. The van der Waals surface area contributed by atoms with Crippen LogP contribution in [0.3, 0.4) is 0 Å². The highest BCUT2D eigenvalue weighted by Gasteiger charge is 2.28. The van der Waals surface area contributed by atoms with Crippen molar-refractivity contribution in [2.24, 2.45) is 0 Å². The number of H-pyrrole nitrogens is 1. The average molecular weight is 567 g/mol. The summed E-state index contributed by atoms with van der Waals surface area (Å²) in [5.74, 6) is 0.511. The Morgan fingerprint density at radius 3 is 2.59 bits per heavy atom. The van der Waals surface area contributed by atoms with Gasteiger partial charge in [0.05, 0.1) is 5.75 Å². The first-order valence-electron chi connectivity index (χ1n) is 12.8. The van der Waals surface area contributed by atoms with Gasteiger partial charge in [0, 0.05) is 41.7 Å². The molecule has 39 heavy (non-hydrogen) atoms. The molecule has 10 nitrogen and oxygen atoms in total. The van der Waals surface area contributed by atoms with E-state index in [0.29, 0.717) is 29.5 Å². The Morgan fingerprint density at radius 2 is 1.90 bits per heavy atom. The van der Waals surface area contributed by atoms with Crippen molar-refractivity contribution in [3.8, 4) is 26.9 Å². The van der Waals surface area contributed by atoms with Gasteiger partial charge in [0.2, 0.25) is 15.8 Å². The van der Waals surface area contributed by atoms with Gasteiger partial charge in [-0.1, -0.05) is 49.4 Å². The number of thiophene rings is 1. The van der Waals surface area contributed by atoms with Crippen molar-refractivity contribution >= 4 is 33.0 Å². The third-order valence-corrected chi connectivity index (χ3v) is 9.85. The van der Waals surface area contributed by atoms with Crippen molar-refractivity contribution in [3.63, 3.8) is 0 Å². The number of benzene rings is 2. The largest absolute Gasteiger partial charge is 0.425 e. The lowest BCUT2D eigenvalue weighted by atomic mass is 10.0. The maximum atomic E-state index is 12.9. The molecule has 2 N–H and O–H groups in total. The summed E-state index contributed by atoms with van der Waals surface area (Å²) in [6.45, 7) is 4.63. The smallest absolute Gasteiger partial charge is 0.310 e. The van der Waals surface area contributed by atoms with Crippen LogP contribution in [0.2, 0.25) is 0 Å². The summed E-state index contributed by atoms with van der Waals surface area (Å²) in [6.07, 6.45) is 1.69. The summed E-state index contributed by atoms with van der Waals surface area (Å²) < 4.78 is 33.1. The Kier molecular flexibility index (Phi) is 8.05. The number of rotatable bonds is 9. The molecule has 5 rings (SSSR count). The van der Waals surface area contributed by atoms with E-state index in [1.54, 1.807) is 11.2 Å². The molecule has 4 aromatic rings. The van der Waals surface area contributed by atoms with Gasteiger partial charge in [0.1, 0.15) is 4.88 Å². The second kappa shape index (κ2) is 11.6. The maximum Gasteiger partial charge on any atom is 0.310 e. The van der Waals surface area contributed by atoms with E-state index in [2.05, 4.69) is 32.0 Å². The summed E-state index contributed by atoms with van der Waals surface area (Å²) in [5, 5.41) is 17.9. The van der Waals surface area contributed by atoms with Crippen LogP contribution < -0.4 is 10.1 Å². The number of tetrazole rings is 1. The van der Waals surface area contributed by atoms with Gasteiger partial charge in [0.25, 0.3) is 0 Å². The van der Waals surface area contributed by atoms with Gasteiger partial charge < -0.3 is 10.1 Å². The summed E-state index contributed by atoms with van der Waals surface area (Å²) >= 11 is 1.44. The number of carbonyl (C=O) groups is 1. The minimum atomic E-state index is -3.36. The van der Waals surface area contributed by atoms with E-state index < -0.39 is 10.0 Å². The van der Waals surface area contributed by atoms with Gasteiger partial charge in [-0.25, -0.2) is 12.7 Å². The van der Waals surface area contributed by atoms with Crippen molar-refractivity contribution in [2.75, 3.05) is 18.4 Å². The SMILES string of the molecule is CCC(=O)Oc1c(-c2nn[nH]n2)sc(-c2cccc(NC3CCN(S(=O)(=O)Cc4ccccc4)CC3)c2)c1C. The third kappa shape index (κ3) is 6.18. The van der Waals surface area contributed by atoms with E-state index in [-0.39, 0.29) is 24.2 Å². The fourth-order valence-electron chi connectivity index (χ4n) is 4.63. The Labute approximate surface area is 231 Å². The molecule has 12 heteroatoms. The number of nitrogens with one attached hydrogen (secondary N) is 2. The molecule has 2 aromatic carbocycles. The summed E-state index contributed by atoms with van der Waals surface area (Å²) in [5.41, 5.74) is 3.54. The monoisotopic (exact) mass is 566 g/mol. The number of hydrogen-bond donors (Lipinski definition) is 2. The minimum absolute atomic E-state index is 0.0234. The standard InChI is InChI=1S/C27H30N6O4S2/c1-3-23(34)37-24-18(2)25(38-26(24)27-29-31-32-30-27)20-10-7-11-22(16-20)28-21-12-14-33(15-13-21)39(35,36)17-19-8-5-4-6-9-19/h4-11,16,21,28H,3,12-15,17H2,1-2H3,(H,29,30,31,32). The number of carbonyl (C=O) groups excluding carboxylic acids is 1. The Balaban J connectivity index is 1.29. The highest BCUT2D eigenvalue weighted by Crippen LogP contribution is 2.46. The molecule has 1 saturated heterocycles. The van der Waals surface area contributed by atoms with Crippen LogP contribution in [0.25, 0.3) is 21.1 Å². The summed E-state index contributed by atoms with van der Waals surface area (Å²) in [7, 11) is -3.36. The molecule has 1 aliphatic heterocycles. The molecule has 0 radical (unpaired) electrons. The number of aromatic nitrogens is 4. The number of esters is 1. The predicted octanol–water partition coefficient (Wildman–Crippen LogP) is 4.63. The van der Waals surface area contributed by atoms with E-state index in [1.165, 1.54) is 11.3 Å². The van der Waals surface area contributed by atoms with Crippen LogP contribution in [0.15, 0.2) is 54.6 Å². The number of anilines is 1. The van der Waals surface area contributed by atoms with Gasteiger partial charge in [-0.3, -0.25) is 4.79 Å². The molecule has 0 atom stereocenters. The molecule has 0 unspecified atom stereocenters. The lowest BCUT2D eigenvalue weighted by Gasteiger charge is -2.32. The zero-order valence-electron chi connectivity index (χ0n) is 21.8. The molecule has 0 aliphatic carbocycles. The van der Waals surface area contributed by atoms with Crippen LogP contribution in [0, 0.1) is 6.92 Å². The molecule has 0 saturated carbocycles. The molecular formula is C27H30N6O4S2. The molecule has 0 bridgehead atoms. The number of aromatic amines is 1. The van der Waals surface area contributed by atoms with E-state index in [0.717, 1.165) is 40.1 Å². The van der Waals surface area contributed by atoms with Gasteiger partial charge in [0.15, 0.2) is 5.75 Å². The highest BCUT2D eigenvalue weighted by molar-refractivity contribution is 7.88. The van der Waals surface area contributed by atoms with E-state index in [9.17, 15) is 13.2 Å². The van der Waals surface area contributed by atoms with Gasteiger partial charge in [-0.2, -0.15) is 5.21 Å². The normalized spacial score (nSPS) is 14.8. The molecule has 3 heterocycles. The van der Waals surface area contributed by atoms with Crippen LogP contribution >= 0.6 is 11.3 Å². The summed E-state index contributed by atoms with van der Waals surface area (Å²) in [6, 6.07) is 17.5. The van der Waals surface area contributed by atoms with E-state index in [1.807, 2.05) is 55.5 Å². The summed E-state index contributed by atoms with van der Waals surface area (Å²) in [4.78, 5) is 13.7. The predicted molar refractivity (Wildman–Crippen MR) is 151 cm³/mol. The van der Waals surface area contributed by atoms with Crippen LogP contribution in [-0.4, -0.2) is 58.4 Å². The first kappa shape index (κ1) is 27.0. The molecule has 1 aliphatic rings. The average Bonchev–Trinajstić information content (AvgIpc) is 3.58. The third-order valence-electron chi connectivity index (χ3n) is 6.68. The van der Waals surface area contributed by atoms with E-state index in [4.69, 9.17) is 4.74 Å². The lowest BCUT2D eigenvalue weighted by Crippen LogP contribution is -2.42. The number of hydrogen-bond acceptors (Lipinski definition) is 9. The van der Waals surface area contributed by atoms with Gasteiger partial charge in [-0.15, -0.1) is 21.5 Å². The Morgan fingerprint density at radius 1 is 1.13 bits per heavy atom. The maximum absolute atomic E-state index is 12.9. The number of nitrogens with zero attached hydrogens (tertiary/aromatic N) is 4. The highest BCUT2D eigenvalue weighted by atomic mass is 32.2. The fraction of sp³-hybridized carbons (Fsp3) is 0.333. The Bertz CT molecular complexity index is 1530. The number of ether oxygens (including phenoxy) is 1. The lowest BCUT2D eigenvalue weighted by molar-refractivity contribution is -0.134. The van der Waals surface area contributed by atoms with E-state index >= 15 is 0 Å². The van der Waals surface area contributed by atoms with Crippen LogP contribution in [0.4, 0.5) is 5.69 Å². The van der Waals surface area contributed by atoms with Gasteiger partial charge >= 0.3 is 5.97 Å². The Hall–Kier alpha value is -3.61. The van der Waals surface area contributed by atoms with Crippen LogP contribution in [0.5, 0.6) is 5.75 Å². The fourth-order valence-corrected chi connectivity index (χ4v) is 7.35. The first-order valence-corrected chi connectivity index (χ1v) is 15.2.